The van der Waals surface area contributed by atoms with E-state index in [4.69, 9.17) is 4.52 Å². The maximum atomic E-state index is 12.3. The molecule has 1 aliphatic heterocycles. The molecule has 0 aromatic carbocycles. The van der Waals surface area contributed by atoms with Gasteiger partial charge in [-0.15, -0.1) is 0 Å². The van der Waals surface area contributed by atoms with Gasteiger partial charge in [-0.2, -0.15) is 0 Å². The lowest BCUT2D eigenvalue weighted by atomic mass is 9.75. The first-order chi connectivity index (χ1) is 10.9. The average molecular weight is 319 g/mol. The van der Waals surface area contributed by atoms with Crippen LogP contribution < -0.4 is 5.32 Å². The predicted octanol–water partition coefficient (Wildman–Crippen LogP) is 3.42. The van der Waals surface area contributed by atoms with E-state index in [1.165, 1.54) is 32.1 Å². The first-order valence-electron chi connectivity index (χ1n) is 8.91. The Morgan fingerprint density at radius 2 is 2.04 bits per heavy atom. The molecule has 128 valence electrons. The van der Waals surface area contributed by atoms with Gasteiger partial charge in [0.15, 0.2) is 0 Å². The number of nitrogens with one attached hydrogen (secondary N) is 1. The number of aromatic nitrogens is 1. The van der Waals surface area contributed by atoms with Crippen LogP contribution in [0.3, 0.4) is 0 Å². The summed E-state index contributed by atoms with van der Waals surface area (Å²) in [6.45, 7) is 8.79. The normalized spacial score (nSPS) is 25.9. The second-order valence-corrected chi connectivity index (χ2v) is 8.20. The van der Waals surface area contributed by atoms with Crippen molar-refractivity contribution in [2.75, 3.05) is 25.0 Å². The molecular weight excluding hydrogens is 290 g/mol. The lowest BCUT2D eigenvalue weighted by Gasteiger charge is -2.40. The van der Waals surface area contributed by atoms with Crippen LogP contribution in [0.2, 0.25) is 0 Å². The molecule has 5 nitrogen and oxygen atoms in total. The molecule has 2 heterocycles. The molecule has 2 atom stereocenters. The van der Waals surface area contributed by atoms with Crippen molar-refractivity contribution in [1.29, 1.82) is 0 Å². The lowest BCUT2D eigenvalue weighted by molar-refractivity contribution is -0.118. The van der Waals surface area contributed by atoms with Gasteiger partial charge in [0.1, 0.15) is 0 Å². The third-order valence-corrected chi connectivity index (χ3v) is 5.28. The number of hydrogen-bond donors (Lipinski definition) is 1. The van der Waals surface area contributed by atoms with Gasteiger partial charge in [0.2, 0.25) is 11.8 Å². The van der Waals surface area contributed by atoms with E-state index >= 15 is 0 Å². The van der Waals surface area contributed by atoms with E-state index in [9.17, 15) is 4.79 Å². The fraction of sp³-hybridized carbons (Fsp3) is 0.778. The molecule has 5 heteroatoms. The minimum absolute atomic E-state index is 0.00383. The molecule has 1 aromatic rings. The van der Waals surface area contributed by atoms with Crippen molar-refractivity contribution >= 4 is 11.8 Å². The number of hydrogen-bond acceptors (Lipinski definition) is 4. The minimum atomic E-state index is -0.0741. The maximum absolute atomic E-state index is 12.3. The predicted molar refractivity (Wildman–Crippen MR) is 90.3 cm³/mol. The van der Waals surface area contributed by atoms with E-state index in [1.54, 1.807) is 0 Å². The van der Waals surface area contributed by atoms with E-state index in [-0.39, 0.29) is 11.3 Å². The molecule has 1 aromatic heterocycles. The maximum Gasteiger partial charge on any atom is 0.240 e. The highest BCUT2D eigenvalue weighted by molar-refractivity contribution is 5.91. The number of likely N-dealkylation sites (tertiary alicyclic amines) is 1. The van der Waals surface area contributed by atoms with Crippen LogP contribution in [0.1, 0.15) is 58.6 Å². The Hall–Kier alpha value is -1.36. The number of anilines is 1. The van der Waals surface area contributed by atoms with Crippen molar-refractivity contribution in [2.45, 2.75) is 58.3 Å². The van der Waals surface area contributed by atoms with Crippen molar-refractivity contribution in [1.82, 2.24) is 10.1 Å². The Morgan fingerprint density at radius 1 is 1.30 bits per heavy atom. The fourth-order valence-corrected chi connectivity index (χ4v) is 3.89. The van der Waals surface area contributed by atoms with E-state index in [0.717, 1.165) is 30.6 Å². The summed E-state index contributed by atoms with van der Waals surface area (Å²) in [5.41, 5.74) is 0.783. The molecule has 0 bridgehead atoms. The number of carbonyl (C=O) groups is 1. The van der Waals surface area contributed by atoms with Gasteiger partial charge in [0.05, 0.1) is 12.2 Å². The highest BCUT2D eigenvalue weighted by Crippen LogP contribution is 2.35. The number of piperidine rings is 1. The Morgan fingerprint density at radius 3 is 2.74 bits per heavy atom. The number of amides is 1. The van der Waals surface area contributed by atoms with Crippen LogP contribution in [0.4, 0.5) is 5.88 Å². The van der Waals surface area contributed by atoms with E-state index in [2.05, 4.69) is 36.1 Å². The van der Waals surface area contributed by atoms with Crippen LogP contribution in [0.15, 0.2) is 10.6 Å². The quantitative estimate of drug-likeness (QED) is 0.927. The van der Waals surface area contributed by atoms with Gasteiger partial charge < -0.3 is 4.52 Å². The number of rotatable bonds is 3. The van der Waals surface area contributed by atoms with Crippen molar-refractivity contribution in [3.05, 3.63) is 11.8 Å². The topological polar surface area (TPSA) is 58.4 Å². The molecule has 1 saturated carbocycles. The first-order valence-corrected chi connectivity index (χ1v) is 8.91. The van der Waals surface area contributed by atoms with Gasteiger partial charge in [0.25, 0.3) is 0 Å². The summed E-state index contributed by atoms with van der Waals surface area (Å²) in [6.07, 6.45) is 6.71. The largest absolute Gasteiger partial charge is 0.338 e. The molecule has 2 fully saturated rings. The Balaban J connectivity index is 1.50. The first kappa shape index (κ1) is 16.5. The Kier molecular flexibility index (Phi) is 4.76. The molecule has 0 spiro atoms. The summed E-state index contributed by atoms with van der Waals surface area (Å²) in [6, 6.07) is 1.82. The molecule has 23 heavy (non-hydrogen) atoms. The monoisotopic (exact) mass is 319 g/mol. The lowest BCUT2D eigenvalue weighted by Crippen LogP contribution is -2.44. The molecule has 0 unspecified atom stereocenters. The van der Waals surface area contributed by atoms with Crippen LogP contribution >= 0.6 is 0 Å². The average Bonchev–Trinajstić information content (AvgIpc) is 2.95. The third-order valence-electron chi connectivity index (χ3n) is 5.28. The smallest absolute Gasteiger partial charge is 0.240 e. The molecule has 1 N–H and O–H groups in total. The SMILES string of the molecule is CC(C)(C)c1cc(NC(=O)CN2CC[C@H]3CCCC[C@@H]3C2)on1. The van der Waals surface area contributed by atoms with Crippen LogP contribution in [-0.2, 0) is 10.2 Å². The van der Waals surface area contributed by atoms with E-state index < -0.39 is 0 Å². The summed E-state index contributed by atoms with van der Waals surface area (Å²) < 4.78 is 5.24. The summed E-state index contributed by atoms with van der Waals surface area (Å²) in [4.78, 5) is 14.6. The summed E-state index contributed by atoms with van der Waals surface area (Å²) in [7, 11) is 0. The highest BCUT2D eigenvalue weighted by Gasteiger charge is 2.31. The van der Waals surface area contributed by atoms with E-state index in [1.807, 2.05) is 6.07 Å². The van der Waals surface area contributed by atoms with Gasteiger partial charge >= 0.3 is 0 Å². The van der Waals surface area contributed by atoms with Gasteiger partial charge in [-0.3, -0.25) is 15.0 Å². The van der Waals surface area contributed by atoms with Crippen LogP contribution in [0, 0.1) is 11.8 Å². The molecular formula is C18H29N3O2. The molecule has 1 amide bonds. The van der Waals surface area contributed by atoms with Crippen molar-refractivity contribution < 1.29 is 9.32 Å². The summed E-state index contributed by atoms with van der Waals surface area (Å²) in [5.74, 6) is 2.14. The summed E-state index contributed by atoms with van der Waals surface area (Å²) >= 11 is 0. The van der Waals surface area contributed by atoms with Crippen molar-refractivity contribution in [2.24, 2.45) is 11.8 Å². The van der Waals surface area contributed by atoms with Crippen LogP contribution in [0.5, 0.6) is 0 Å². The number of carbonyl (C=O) groups excluding carboxylic acids is 1. The van der Waals surface area contributed by atoms with Crippen LogP contribution in [-0.4, -0.2) is 35.6 Å². The zero-order chi connectivity index (χ0) is 16.4. The second kappa shape index (κ2) is 6.63. The fourth-order valence-electron chi connectivity index (χ4n) is 3.89. The van der Waals surface area contributed by atoms with Crippen molar-refractivity contribution in [3.63, 3.8) is 0 Å². The minimum Gasteiger partial charge on any atom is -0.338 e. The molecule has 2 aliphatic rings. The highest BCUT2D eigenvalue weighted by atomic mass is 16.5. The van der Waals surface area contributed by atoms with Gasteiger partial charge in [-0.25, -0.2) is 0 Å². The number of fused-ring (bicyclic) bond motifs is 1. The van der Waals surface area contributed by atoms with Gasteiger partial charge in [-0.1, -0.05) is 45.2 Å². The molecule has 1 saturated heterocycles. The van der Waals surface area contributed by atoms with Crippen molar-refractivity contribution in [3.8, 4) is 0 Å². The summed E-state index contributed by atoms with van der Waals surface area (Å²) in [5, 5.41) is 6.88. The van der Waals surface area contributed by atoms with Gasteiger partial charge in [0, 0.05) is 18.0 Å². The standard InChI is InChI=1S/C18H29N3O2/c1-18(2,3)15-10-17(23-20-15)19-16(22)12-21-9-8-13-6-4-5-7-14(13)11-21/h10,13-14H,4-9,11-12H2,1-3H3,(H,19,22)/t13-,14-/m1/s1. The second-order valence-electron chi connectivity index (χ2n) is 8.20. The molecule has 1 aliphatic carbocycles. The zero-order valence-electron chi connectivity index (χ0n) is 14.6. The Bertz CT molecular complexity index is 547. The molecule has 0 radical (unpaired) electrons. The third kappa shape index (κ3) is 4.14. The Labute approximate surface area is 138 Å². The zero-order valence-corrected chi connectivity index (χ0v) is 14.6. The number of nitrogens with zero attached hydrogens (tertiary/aromatic N) is 2. The van der Waals surface area contributed by atoms with Gasteiger partial charge in [-0.05, 0) is 31.2 Å². The molecule has 3 rings (SSSR count). The van der Waals surface area contributed by atoms with E-state index in [0.29, 0.717) is 12.4 Å². The van der Waals surface area contributed by atoms with Crippen LogP contribution in [0.25, 0.3) is 0 Å².